The first kappa shape index (κ1) is 37.1. The smallest absolute Gasteiger partial charge is 0.159 e. The normalized spacial score (nSPS) is 13.1. The summed E-state index contributed by atoms with van der Waals surface area (Å²) in [6.45, 7) is 0. The van der Waals surface area contributed by atoms with Gasteiger partial charge in [0.2, 0.25) is 0 Å². The number of para-hydroxylation sites is 2. The molecule has 0 bridgehead atoms. The van der Waals surface area contributed by atoms with E-state index in [9.17, 15) is 0 Å². The van der Waals surface area contributed by atoms with Gasteiger partial charge in [-0.1, -0.05) is 206 Å². The summed E-state index contributed by atoms with van der Waals surface area (Å²) in [5.74, 6) is 1.66. The van der Waals surface area contributed by atoms with Crippen LogP contribution in [0.1, 0.15) is 33.4 Å². The van der Waals surface area contributed by atoms with E-state index in [4.69, 9.17) is 4.74 Å². The van der Waals surface area contributed by atoms with E-state index in [1.807, 2.05) is 0 Å². The predicted molar refractivity (Wildman–Crippen MR) is 269 cm³/mol. The number of hydrogen-bond acceptors (Lipinski definition) is 2. The van der Waals surface area contributed by atoms with Gasteiger partial charge in [0.15, 0.2) is 5.75 Å². The zero-order valence-electron chi connectivity index (χ0n) is 35.5. The Morgan fingerprint density at radius 1 is 0.308 bits per heavy atom. The largest absolute Gasteiger partial charge is 0.454 e. The van der Waals surface area contributed by atoms with Crippen LogP contribution in [0.25, 0.3) is 67.8 Å². The van der Waals surface area contributed by atoms with Gasteiger partial charge in [0.25, 0.3) is 0 Å². The van der Waals surface area contributed by atoms with Crippen LogP contribution in [0, 0.1) is 0 Å². The number of benzene rings is 10. The van der Waals surface area contributed by atoms with Crippen molar-refractivity contribution in [3.05, 3.63) is 270 Å². The molecule has 2 heteroatoms. The maximum atomic E-state index is 7.05. The maximum Gasteiger partial charge on any atom is 0.159 e. The molecule has 0 saturated heterocycles. The Kier molecular flexibility index (Phi) is 8.47. The van der Waals surface area contributed by atoms with E-state index in [2.05, 4.69) is 254 Å². The Hall–Kier alpha value is -8.46. The van der Waals surface area contributed by atoms with Crippen molar-refractivity contribution in [3.63, 3.8) is 0 Å². The number of anilines is 3. The average Bonchev–Trinajstić information content (AvgIpc) is 3.47. The van der Waals surface area contributed by atoms with Crippen molar-refractivity contribution in [1.29, 1.82) is 0 Å². The number of ether oxygens (including phenoxy) is 1. The molecule has 3 aliphatic rings. The van der Waals surface area contributed by atoms with Crippen LogP contribution in [-0.4, -0.2) is 0 Å². The van der Waals surface area contributed by atoms with Gasteiger partial charge >= 0.3 is 0 Å². The highest BCUT2D eigenvalue weighted by molar-refractivity contribution is 5.96. The quantitative estimate of drug-likeness (QED) is 0.171. The minimum absolute atomic E-state index is 0.446. The van der Waals surface area contributed by atoms with Gasteiger partial charge in [-0.3, -0.25) is 0 Å². The SMILES string of the molecule is C1=Cc2ccccc2C2(c3ccccc31)c1ccccc1-c1cc(-c3ccc(N(c4ccc(-c5ccccc5)cc4)c4cccc5c4Oc4ccccc4-c4ccccc4-5)cc3)ccc12. The molecule has 0 fully saturated rings. The molecule has 0 amide bonds. The van der Waals surface area contributed by atoms with Crippen LogP contribution in [0.5, 0.6) is 11.5 Å². The lowest BCUT2D eigenvalue weighted by atomic mass is 9.66. The minimum Gasteiger partial charge on any atom is -0.454 e. The van der Waals surface area contributed by atoms with Crippen LogP contribution in [0.3, 0.4) is 0 Å². The van der Waals surface area contributed by atoms with E-state index < -0.39 is 5.41 Å². The molecular weight excluding hydrogens is 787 g/mol. The molecule has 13 rings (SSSR count). The van der Waals surface area contributed by atoms with Gasteiger partial charge in [-0.05, 0) is 120 Å². The van der Waals surface area contributed by atoms with Crippen molar-refractivity contribution in [1.82, 2.24) is 0 Å². The summed E-state index contributed by atoms with van der Waals surface area (Å²) in [6, 6.07) is 86.0. The lowest BCUT2D eigenvalue weighted by Crippen LogP contribution is -2.29. The Morgan fingerprint density at radius 3 is 1.46 bits per heavy atom. The zero-order valence-corrected chi connectivity index (χ0v) is 35.5. The third-order valence-electron chi connectivity index (χ3n) is 13.7. The molecule has 2 aliphatic carbocycles. The third kappa shape index (κ3) is 5.74. The molecule has 10 aromatic rings. The second kappa shape index (κ2) is 14.8. The first-order valence-electron chi connectivity index (χ1n) is 22.4. The number of hydrogen-bond donors (Lipinski definition) is 0. The fourth-order valence-corrected chi connectivity index (χ4v) is 10.9. The summed E-state index contributed by atoms with van der Waals surface area (Å²) < 4.78 is 7.05. The summed E-state index contributed by atoms with van der Waals surface area (Å²) in [5.41, 5.74) is 22.1. The van der Waals surface area contributed by atoms with Gasteiger partial charge in [-0.2, -0.15) is 0 Å². The maximum absolute atomic E-state index is 7.05. The van der Waals surface area contributed by atoms with E-state index in [0.717, 1.165) is 56.4 Å². The van der Waals surface area contributed by atoms with E-state index >= 15 is 0 Å². The highest BCUT2D eigenvalue weighted by Gasteiger charge is 2.48. The standard InChI is InChI=1S/C63H41NO/c1-2-15-42(16-3-1)43-31-36-48(37-32-43)64(60-27-14-23-54-51-20-7-6-19-50(51)53-22-9-13-28-61(53)65-62(54)60)49-38-33-44(34-39-49)47-35-40-59-55(41-47)52-21-8-12-26-58(52)63(59)56-24-10-4-17-45(56)29-30-46-18-5-11-25-57(46)63/h1-41H. The fourth-order valence-electron chi connectivity index (χ4n) is 10.9. The molecule has 10 aromatic carbocycles. The van der Waals surface area contributed by atoms with E-state index in [1.165, 1.54) is 61.2 Å². The minimum atomic E-state index is -0.446. The first-order valence-corrected chi connectivity index (χ1v) is 22.4. The molecule has 1 heterocycles. The van der Waals surface area contributed by atoms with Crippen LogP contribution in [0.4, 0.5) is 17.1 Å². The lowest BCUT2D eigenvalue weighted by Gasteiger charge is -2.35. The molecular formula is C63H41NO. The number of rotatable bonds is 5. The number of nitrogens with zero attached hydrogens (tertiary/aromatic N) is 1. The molecule has 65 heavy (non-hydrogen) atoms. The van der Waals surface area contributed by atoms with Gasteiger partial charge < -0.3 is 9.64 Å². The van der Waals surface area contributed by atoms with Crippen LogP contribution in [-0.2, 0) is 5.41 Å². The average molecular weight is 828 g/mol. The van der Waals surface area contributed by atoms with Gasteiger partial charge in [-0.25, -0.2) is 0 Å². The molecule has 1 spiro atoms. The molecule has 0 radical (unpaired) electrons. The summed E-state index contributed by atoms with van der Waals surface area (Å²) in [7, 11) is 0. The highest BCUT2D eigenvalue weighted by atomic mass is 16.5. The number of fused-ring (bicyclic) bond motifs is 14. The zero-order chi connectivity index (χ0) is 42.9. The Balaban J connectivity index is 0.954. The molecule has 1 aliphatic heterocycles. The molecule has 0 saturated carbocycles. The third-order valence-corrected chi connectivity index (χ3v) is 13.7. The van der Waals surface area contributed by atoms with Crippen molar-refractivity contribution in [2.45, 2.75) is 5.41 Å². The molecule has 0 atom stereocenters. The van der Waals surface area contributed by atoms with Crippen LogP contribution >= 0.6 is 0 Å². The van der Waals surface area contributed by atoms with Gasteiger partial charge in [0.1, 0.15) is 5.75 Å². The van der Waals surface area contributed by atoms with Crippen molar-refractivity contribution in [2.24, 2.45) is 0 Å². The van der Waals surface area contributed by atoms with Gasteiger partial charge in [0, 0.05) is 22.5 Å². The van der Waals surface area contributed by atoms with E-state index in [-0.39, 0.29) is 0 Å². The first-order chi connectivity index (χ1) is 32.2. The van der Waals surface area contributed by atoms with E-state index in [1.54, 1.807) is 0 Å². The van der Waals surface area contributed by atoms with Crippen molar-refractivity contribution >= 4 is 29.2 Å². The summed E-state index contributed by atoms with van der Waals surface area (Å²) in [6.07, 6.45) is 4.58. The molecule has 304 valence electrons. The van der Waals surface area contributed by atoms with Crippen molar-refractivity contribution in [3.8, 4) is 67.1 Å². The van der Waals surface area contributed by atoms with E-state index in [0.29, 0.717) is 0 Å². The molecule has 0 aromatic heterocycles. The Bertz CT molecular complexity index is 3460. The topological polar surface area (TPSA) is 12.5 Å². The fraction of sp³-hybridized carbons (Fsp3) is 0.0159. The summed E-state index contributed by atoms with van der Waals surface area (Å²) in [5, 5.41) is 0. The van der Waals surface area contributed by atoms with Crippen LogP contribution < -0.4 is 9.64 Å². The van der Waals surface area contributed by atoms with Gasteiger partial charge in [-0.15, -0.1) is 0 Å². The predicted octanol–water partition coefficient (Wildman–Crippen LogP) is 16.8. The highest BCUT2D eigenvalue weighted by Crippen LogP contribution is 2.59. The van der Waals surface area contributed by atoms with Crippen molar-refractivity contribution < 1.29 is 4.74 Å². The van der Waals surface area contributed by atoms with Crippen molar-refractivity contribution in [2.75, 3.05) is 4.90 Å². The Morgan fingerprint density at radius 2 is 0.785 bits per heavy atom. The molecule has 0 unspecified atom stereocenters. The second-order valence-electron chi connectivity index (χ2n) is 17.2. The molecule has 0 N–H and O–H groups in total. The second-order valence-corrected chi connectivity index (χ2v) is 17.2. The summed E-state index contributed by atoms with van der Waals surface area (Å²) >= 11 is 0. The monoisotopic (exact) mass is 827 g/mol. The van der Waals surface area contributed by atoms with Crippen LogP contribution in [0.2, 0.25) is 0 Å². The lowest BCUT2D eigenvalue weighted by molar-refractivity contribution is 0.489. The van der Waals surface area contributed by atoms with Crippen LogP contribution in [0.15, 0.2) is 237 Å². The van der Waals surface area contributed by atoms with Gasteiger partial charge in [0.05, 0.1) is 11.1 Å². The summed E-state index contributed by atoms with van der Waals surface area (Å²) in [4.78, 5) is 2.34. The Labute approximate surface area is 379 Å². The molecule has 2 nitrogen and oxygen atoms in total.